The third kappa shape index (κ3) is 7.68. The third-order valence-electron chi connectivity index (χ3n) is 3.49. The second-order valence-corrected chi connectivity index (χ2v) is 6.46. The van der Waals surface area contributed by atoms with Crippen LogP contribution in [0.25, 0.3) is 0 Å². The van der Waals surface area contributed by atoms with E-state index in [2.05, 4.69) is 10.6 Å². The van der Waals surface area contributed by atoms with E-state index >= 15 is 0 Å². The van der Waals surface area contributed by atoms with Crippen LogP contribution in [0.4, 0.5) is 0 Å². The maximum atomic E-state index is 11.8. The van der Waals surface area contributed by atoms with E-state index in [1.165, 1.54) is 0 Å². The summed E-state index contributed by atoms with van der Waals surface area (Å²) < 4.78 is 4.82. The van der Waals surface area contributed by atoms with Crippen LogP contribution in [0, 0.1) is 0 Å². The molecule has 0 aliphatic heterocycles. The van der Waals surface area contributed by atoms with Gasteiger partial charge in [-0.3, -0.25) is 14.4 Å². The van der Waals surface area contributed by atoms with Gasteiger partial charge in [-0.1, -0.05) is 59.6 Å². The van der Waals surface area contributed by atoms with Gasteiger partial charge in [-0.15, -0.1) is 0 Å². The minimum absolute atomic E-state index is 0.163. The van der Waals surface area contributed by atoms with Crippen LogP contribution < -0.4 is 10.6 Å². The first-order valence-corrected chi connectivity index (χ1v) is 8.86. The molecule has 0 aliphatic rings. The van der Waals surface area contributed by atoms with E-state index in [1.807, 2.05) is 30.3 Å². The highest BCUT2D eigenvalue weighted by atomic mass is 35.5. The first-order chi connectivity index (χ1) is 12.9. The van der Waals surface area contributed by atoms with Crippen LogP contribution in [-0.2, 0) is 32.1 Å². The molecular weight excluding hydrogens is 391 g/mol. The largest absolute Gasteiger partial charge is 0.454 e. The lowest BCUT2D eigenvalue weighted by Crippen LogP contribution is -2.34. The number of amides is 2. The van der Waals surface area contributed by atoms with E-state index in [0.717, 1.165) is 5.56 Å². The minimum Gasteiger partial charge on any atom is -0.454 e. The number of halogens is 2. The molecule has 0 aromatic heterocycles. The lowest BCUT2D eigenvalue weighted by molar-refractivity contribution is -0.148. The summed E-state index contributed by atoms with van der Waals surface area (Å²) in [5.74, 6) is -1.49. The van der Waals surface area contributed by atoms with Crippen molar-refractivity contribution < 1.29 is 19.1 Å². The molecule has 27 heavy (non-hydrogen) atoms. The lowest BCUT2D eigenvalue weighted by atomic mass is 10.1. The standard InChI is InChI=1S/C19H18Cl2N2O4/c20-15-7-6-14(16(21)9-15)10-22-18(25)12-27-19(26)11-23-17(24)8-13-4-2-1-3-5-13/h1-7,9H,8,10-12H2,(H,22,25)(H,23,24). The van der Waals surface area contributed by atoms with Crippen molar-refractivity contribution in [3.05, 3.63) is 69.7 Å². The van der Waals surface area contributed by atoms with Crippen molar-refractivity contribution in [2.75, 3.05) is 13.2 Å². The smallest absolute Gasteiger partial charge is 0.325 e. The summed E-state index contributed by atoms with van der Waals surface area (Å²) >= 11 is 11.8. The van der Waals surface area contributed by atoms with Gasteiger partial charge in [0.15, 0.2) is 6.61 Å². The molecule has 2 N–H and O–H groups in total. The summed E-state index contributed by atoms with van der Waals surface area (Å²) in [6.45, 7) is -0.569. The summed E-state index contributed by atoms with van der Waals surface area (Å²) in [5.41, 5.74) is 1.53. The number of hydrogen-bond acceptors (Lipinski definition) is 4. The Morgan fingerprint density at radius 1 is 0.926 bits per heavy atom. The number of nitrogens with one attached hydrogen (secondary N) is 2. The highest BCUT2D eigenvalue weighted by Crippen LogP contribution is 2.20. The zero-order chi connectivity index (χ0) is 19.6. The van der Waals surface area contributed by atoms with Gasteiger partial charge >= 0.3 is 5.97 Å². The molecule has 8 heteroatoms. The lowest BCUT2D eigenvalue weighted by Gasteiger charge is -2.09. The number of benzene rings is 2. The Morgan fingerprint density at radius 2 is 1.67 bits per heavy atom. The number of carbonyl (C=O) groups is 3. The van der Waals surface area contributed by atoms with Gasteiger partial charge in [0.05, 0.1) is 6.42 Å². The number of carbonyl (C=O) groups excluding carboxylic acids is 3. The molecule has 0 fully saturated rings. The highest BCUT2D eigenvalue weighted by Gasteiger charge is 2.10. The number of esters is 1. The fourth-order valence-corrected chi connectivity index (χ4v) is 2.60. The van der Waals surface area contributed by atoms with Gasteiger partial charge in [0.1, 0.15) is 6.54 Å². The minimum atomic E-state index is -0.698. The summed E-state index contributed by atoms with van der Waals surface area (Å²) in [6.07, 6.45) is 0.163. The predicted octanol–water partition coefficient (Wildman–Crippen LogP) is 2.51. The molecule has 0 spiro atoms. The molecule has 2 aromatic rings. The Morgan fingerprint density at radius 3 is 2.37 bits per heavy atom. The maximum absolute atomic E-state index is 11.8. The van der Waals surface area contributed by atoms with E-state index in [0.29, 0.717) is 15.6 Å². The fourth-order valence-electron chi connectivity index (χ4n) is 2.12. The van der Waals surface area contributed by atoms with Crippen LogP contribution in [0.1, 0.15) is 11.1 Å². The van der Waals surface area contributed by atoms with Gasteiger partial charge in [-0.2, -0.15) is 0 Å². The van der Waals surface area contributed by atoms with Crippen molar-refractivity contribution in [3.63, 3.8) is 0 Å². The topological polar surface area (TPSA) is 84.5 Å². The third-order valence-corrected chi connectivity index (χ3v) is 4.08. The molecule has 0 radical (unpaired) electrons. The first-order valence-electron chi connectivity index (χ1n) is 8.11. The van der Waals surface area contributed by atoms with Crippen molar-refractivity contribution in [1.82, 2.24) is 10.6 Å². The highest BCUT2D eigenvalue weighted by molar-refractivity contribution is 6.35. The normalized spacial score (nSPS) is 10.1. The van der Waals surface area contributed by atoms with Crippen LogP contribution in [0.15, 0.2) is 48.5 Å². The molecule has 0 bridgehead atoms. The molecule has 0 heterocycles. The Labute approximate surface area is 166 Å². The quantitative estimate of drug-likeness (QED) is 0.657. The molecule has 2 rings (SSSR count). The molecule has 0 atom stereocenters. The maximum Gasteiger partial charge on any atom is 0.325 e. The molecule has 0 saturated carbocycles. The Balaban J connectivity index is 1.64. The SMILES string of the molecule is O=C(COC(=O)CNC(=O)Cc1ccccc1)NCc1ccc(Cl)cc1Cl. The molecule has 6 nitrogen and oxygen atoms in total. The molecule has 2 amide bonds. The number of hydrogen-bond donors (Lipinski definition) is 2. The molecule has 0 unspecified atom stereocenters. The van der Waals surface area contributed by atoms with Gasteiger partial charge in [0.2, 0.25) is 5.91 Å². The molecule has 142 valence electrons. The monoisotopic (exact) mass is 408 g/mol. The summed E-state index contributed by atoms with van der Waals surface area (Å²) in [5, 5.41) is 5.96. The van der Waals surface area contributed by atoms with Crippen molar-refractivity contribution >= 4 is 41.0 Å². The zero-order valence-electron chi connectivity index (χ0n) is 14.3. The van der Waals surface area contributed by atoms with Crippen molar-refractivity contribution in [1.29, 1.82) is 0 Å². The first kappa shape index (κ1) is 20.7. The van der Waals surface area contributed by atoms with Gasteiger partial charge in [-0.25, -0.2) is 0 Å². The fraction of sp³-hybridized carbons (Fsp3) is 0.211. The van der Waals surface area contributed by atoms with E-state index in [4.69, 9.17) is 27.9 Å². The van der Waals surface area contributed by atoms with Crippen LogP contribution in [-0.4, -0.2) is 30.9 Å². The van der Waals surface area contributed by atoms with Crippen LogP contribution in [0.2, 0.25) is 10.0 Å². The predicted molar refractivity (Wildman–Crippen MR) is 102 cm³/mol. The van der Waals surface area contributed by atoms with Crippen molar-refractivity contribution in [2.45, 2.75) is 13.0 Å². The second kappa shape index (κ2) is 10.5. The second-order valence-electron chi connectivity index (χ2n) is 5.61. The molecule has 0 aliphatic carbocycles. The van der Waals surface area contributed by atoms with Crippen LogP contribution in [0.5, 0.6) is 0 Å². The van der Waals surface area contributed by atoms with Gasteiger partial charge in [-0.05, 0) is 23.3 Å². The number of rotatable bonds is 8. The van der Waals surface area contributed by atoms with Crippen molar-refractivity contribution in [3.8, 4) is 0 Å². The summed E-state index contributed by atoms with van der Waals surface area (Å²) in [6, 6.07) is 14.1. The Bertz CT molecular complexity index is 813. The van der Waals surface area contributed by atoms with Gasteiger partial charge < -0.3 is 15.4 Å². The molecular formula is C19H18Cl2N2O4. The van der Waals surface area contributed by atoms with Gasteiger partial charge in [0.25, 0.3) is 5.91 Å². The zero-order valence-corrected chi connectivity index (χ0v) is 15.8. The average molecular weight is 409 g/mol. The van der Waals surface area contributed by atoms with E-state index in [1.54, 1.807) is 18.2 Å². The summed E-state index contributed by atoms with van der Waals surface area (Å²) in [4.78, 5) is 35.1. The van der Waals surface area contributed by atoms with Gasteiger partial charge in [0, 0.05) is 16.6 Å². The Kier molecular flexibility index (Phi) is 8.10. The Hall–Kier alpha value is -2.57. The van der Waals surface area contributed by atoms with Crippen LogP contribution >= 0.6 is 23.2 Å². The van der Waals surface area contributed by atoms with E-state index < -0.39 is 18.5 Å². The molecule has 2 aromatic carbocycles. The van der Waals surface area contributed by atoms with E-state index in [-0.39, 0.29) is 25.4 Å². The summed E-state index contributed by atoms with van der Waals surface area (Å²) in [7, 11) is 0. The van der Waals surface area contributed by atoms with Crippen molar-refractivity contribution in [2.24, 2.45) is 0 Å². The van der Waals surface area contributed by atoms with Crippen LogP contribution in [0.3, 0.4) is 0 Å². The van der Waals surface area contributed by atoms with E-state index in [9.17, 15) is 14.4 Å². The molecule has 0 saturated heterocycles. The average Bonchev–Trinajstić information content (AvgIpc) is 2.65. The number of ether oxygens (including phenoxy) is 1.